The molecule has 31 heavy (non-hydrogen) atoms. The average Bonchev–Trinajstić information content (AvgIpc) is 3.09. The van der Waals surface area contributed by atoms with Crippen LogP contribution >= 0.6 is 0 Å². The Morgan fingerprint density at radius 2 is 1.74 bits per heavy atom. The second-order valence-corrected chi connectivity index (χ2v) is 7.83. The number of nitrogens with zero attached hydrogens (tertiary/aromatic N) is 6. The van der Waals surface area contributed by atoms with Crippen molar-refractivity contribution in [2.75, 3.05) is 43.1 Å². The molecule has 0 spiro atoms. The Hall–Kier alpha value is -3.61. The molecule has 0 saturated carbocycles. The molecule has 0 aliphatic carbocycles. The highest BCUT2D eigenvalue weighted by atomic mass is 16.5. The molecular weight excluding hydrogens is 388 g/mol. The van der Waals surface area contributed by atoms with Crippen LogP contribution in [0.3, 0.4) is 0 Å². The van der Waals surface area contributed by atoms with Crippen LogP contribution in [-0.2, 0) is 0 Å². The summed E-state index contributed by atoms with van der Waals surface area (Å²) >= 11 is 0. The smallest absolute Gasteiger partial charge is 0.168 e. The highest BCUT2D eigenvalue weighted by molar-refractivity contribution is 5.87. The third-order valence-corrected chi connectivity index (χ3v) is 5.81. The van der Waals surface area contributed by atoms with E-state index in [1.807, 2.05) is 29.1 Å². The van der Waals surface area contributed by atoms with E-state index in [4.69, 9.17) is 4.74 Å². The SMILES string of the molecule is COc1ccccc1N1CCCN(c2ncnc3c2cnn3-c2cccc(C)c2)CC1. The van der Waals surface area contributed by atoms with Crippen molar-refractivity contribution in [2.24, 2.45) is 0 Å². The Balaban J connectivity index is 1.44. The largest absolute Gasteiger partial charge is 0.495 e. The lowest BCUT2D eigenvalue weighted by Gasteiger charge is -2.25. The van der Waals surface area contributed by atoms with Gasteiger partial charge in [-0.05, 0) is 43.2 Å². The van der Waals surface area contributed by atoms with Crippen LogP contribution in [0.15, 0.2) is 61.1 Å². The summed E-state index contributed by atoms with van der Waals surface area (Å²) in [5.41, 5.74) is 4.19. The van der Waals surface area contributed by atoms with Crippen LogP contribution in [0.2, 0.25) is 0 Å². The van der Waals surface area contributed by atoms with Crippen LogP contribution in [0.1, 0.15) is 12.0 Å². The number of benzene rings is 2. The molecule has 3 heterocycles. The Kier molecular flexibility index (Phi) is 5.16. The fourth-order valence-electron chi connectivity index (χ4n) is 4.29. The van der Waals surface area contributed by atoms with Gasteiger partial charge in [0.05, 0.1) is 30.1 Å². The normalized spacial score (nSPS) is 14.6. The van der Waals surface area contributed by atoms with Gasteiger partial charge in [-0.1, -0.05) is 24.3 Å². The lowest BCUT2D eigenvalue weighted by molar-refractivity contribution is 0.414. The van der Waals surface area contributed by atoms with Gasteiger partial charge in [0.1, 0.15) is 17.9 Å². The fraction of sp³-hybridized carbons (Fsp3) is 0.292. The lowest BCUT2D eigenvalue weighted by Crippen LogP contribution is -2.31. The number of fused-ring (bicyclic) bond motifs is 1. The van der Waals surface area contributed by atoms with Crippen molar-refractivity contribution >= 4 is 22.5 Å². The number of rotatable bonds is 4. The first kappa shape index (κ1) is 19.4. The van der Waals surface area contributed by atoms with Crippen molar-refractivity contribution in [3.8, 4) is 11.4 Å². The van der Waals surface area contributed by atoms with Gasteiger partial charge in [-0.2, -0.15) is 5.10 Å². The molecular formula is C24H26N6O. The van der Waals surface area contributed by atoms with Crippen LogP contribution in [0.25, 0.3) is 16.7 Å². The Bertz CT molecular complexity index is 1200. The second-order valence-electron chi connectivity index (χ2n) is 7.83. The summed E-state index contributed by atoms with van der Waals surface area (Å²) in [5.74, 6) is 1.87. The van der Waals surface area contributed by atoms with E-state index in [2.05, 4.69) is 62.1 Å². The van der Waals surface area contributed by atoms with E-state index < -0.39 is 0 Å². The van der Waals surface area contributed by atoms with E-state index in [-0.39, 0.29) is 0 Å². The molecule has 2 aromatic carbocycles. The van der Waals surface area contributed by atoms with E-state index in [9.17, 15) is 0 Å². The minimum absolute atomic E-state index is 0.835. The summed E-state index contributed by atoms with van der Waals surface area (Å²) in [6.45, 7) is 5.78. The molecule has 0 atom stereocenters. The number of methoxy groups -OCH3 is 1. The maximum Gasteiger partial charge on any atom is 0.168 e. The number of hydrogen-bond donors (Lipinski definition) is 0. The van der Waals surface area contributed by atoms with Gasteiger partial charge >= 0.3 is 0 Å². The highest BCUT2D eigenvalue weighted by Crippen LogP contribution is 2.30. The number of anilines is 2. The fourth-order valence-corrected chi connectivity index (χ4v) is 4.29. The molecule has 4 aromatic rings. The number of aryl methyl sites for hydroxylation is 1. The zero-order chi connectivity index (χ0) is 21.2. The first-order valence-electron chi connectivity index (χ1n) is 10.6. The maximum atomic E-state index is 5.57. The Morgan fingerprint density at radius 1 is 0.903 bits per heavy atom. The molecule has 1 aliphatic rings. The van der Waals surface area contributed by atoms with Crippen molar-refractivity contribution in [2.45, 2.75) is 13.3 Å². The van der Waals surface area contributed by atoms with Crippen LogP contribution in [0.4, 0.5) is 11.5 Å². The summed E-state index contributed by atoms with van der Waals surface area (Å²) in [7, 11) is 1.73. The van der Waals surface area contributed by atoms with Crippen LogP contribution in [0, 0.1) is 6.92 Å². The topological polar surface area (TPSA) is 59.3 Å². The zero-order valence-corrected chi connectivity index (χ0v) is 17.9. The number of ether oxygens (including phenoxy) is 1. The molecule has 0 N–H and O–H groups in total. The van der Waals surface area contributed by atoms with Crippen LogP contribution in [0.5, 0.6) is 5.75 Å². The summed E-state index contributed by atoms with van der Waals surface area (Å²) in [4.78, 5) is 13.9. The molecule has 158 valence electrons. The second kappa shape index (κ2) is 8.26. The molecule has 1 saturated heterocycles. The van der Waals surface area contributed by atoms with E-state index in [1.165, 1.54) is 5.56 Å². The van der Waals surface area contributed by atoms with E-state index in [1.54, 1.807) is 13.4 Å². The van der Waals surface area contributed by atoms with Crippen molar-refractivity contribution < 1.29 is 4.74 Å². The molecule has 0 amide bonds. The standard InChI is InChI=1S/C24H26N6O/c1-18-7-5-8-19(15-18)30-24-20(16-27-30)23(25-17-26-24)29-12-6-11-28(13-14-29)21-9-3-4-10-22(21)31-2/h3-5,7-10,15-17H,6,11-14H2,1-2H3. The van der Waals surface area contributed by atoms with Gasteiger partial charge in [0.25, 0.3) is 0 Å². The van der Waals surface area contributed by atoms with Gasteiger partial charge in [0.15, 0.2) is 5.65 Å². The van der Waals surface area contributed by atoms with Gasteiger partial charge in [0.2, 0.25) is 0 Å². The third kappa shape index (κ3) is 3.67. The quantitative estimate of drug-likeness (QED) is 0.506. The van der Waals surface area contributed by atoms with Crippen LogP contribution < -0.4 is 14.5 Å². The summed E-state index contributed by atoms with van der Waals surface area (Å²) in [6, 6.07) is 16.5. The molecule has 0 bridgehead atoms. The van der Waals surface area contributed by atoms with E-state index >= 15 is 0 Å². The minimum atomic E-state index is 0.835. The minimum Gasteiger partial charge on any atom is -0.495 e. The van der Waals surface area contributed by atoms with E-state index in [0.29, 0.717) is 0 Å². The summed E-state index contributed by atoms with van der Waals surface area (Å²) < 4.78 is 7.47. The predicted octanol–water partition coefficient (Wildman–Crippen LogP) is 3.85. The van der Waals surface area contributed by atoms with Gasteiger partial charge < -0.3 is 14.5 Å². The number of aromatic nitrogens is 4. The average molecular weight is 415 g/mol. The summed E-state index contributed by atoms with van der Waals surface area (Å²) in [5, 5.41) is 5.61. The maximum absolute atomic E-state index is 5.57. The predicted molar refractivity (Wildman–Crippen MR) is 123 cm³/mol. The van der Waals surface area contributed by atoms with Gasteiger partial charge in [-0.15, -0.1) is 0 Å². The number of para-hydroxylation sites is 2. The molecule has 2 aromatic heterocycles. The van der Waals surface area contributed by atoms with Gasteiger partial charge in [-0.3, -0.25) is 0 Å². The first-order valence-corrected chi connectivity index (χ1v) is 10.6. The summed E-state index contributed by atoms with van der Waals surface area (Å²) in [6.07, 6.45) is 4.57. The van der Waals surface area contributed by atoms with Gasteiger partial charge in [0, 0.05) is 26.2 Å². The van der Waals surface area contributed by atoms with Crippen molar-refractivity contribution in [1.82, 2.24) is 19.7 Å². The monoisotopic (exact) mass is 414 g/mol. The van der Waals surface area contributed by atoms with Gasteiger partial charge in [-0.25, -0.2) is 14.6 Å². The Labute approximate surface area is 181 Å². The zero-order valence-electron chi connectivity index (χ0n) is 17.9. The van der Waals surface area contributed by atoms with Crippen molar-refractivity contribution in [3.05, 3.63) is 66.6 Å². The molecule has 0 unspecified atom stereocenters. The molecule has 1 aliphatic heterocycles. The van der Waals surface area contributed by atoms with Crippen LogP contribution in [-0.4, -0.2) is 53.0 Å². The van der Waals surface area contributed by atoms with Crippen molar-refractivity contribution in [1.29, 1.82) is 0 Å². The number of hydrogen-bond acceptors (Lipinski definition) is 6. The molecule has 0 radical (unpaired) electrons. The van der Waals surface area contributed by atoms with E-state index in [0.717, 1.165) is 66.6 Å². The molecule has 5 rings (SSSR count). The molecule has 1 fully saturated rings. The lowest BCUT2D eigenvalue weighted by atomic mass is 10.2. The Morgan fingerprint density at radius 3 is 2.61 bits per heavy atom. The molecule has 7 heteroatoms. The van der Waals surface area contributed by atoms with Crippen molar-refractivity contribution in [3.63, 3.8) is 0 Å². The highest BCUT2D eigenvalue weighted by Gasteiger charge is 2.21. The first-order chi connectivity index (χ1) is 15.2. The molecule has 7 nitrogen and oxygen atoms in total. The third-order valence-electron chi connectivity index (χ3n) is 5.81.